The summed E-state index contributed by atoms with van der Waals surface area (Å²) in [6.07, 6.45) is -16.5. The van der Waals surface area contributed by atoms with Gasteiger partial charge in [-0.3, -0.25) is 10.2 Å². The molecule has 0 saturated heterocycles. The quantitative estimate of drug-likeness (QED) is 0.179. The van der Waals surface area contributed by atoms with Gasteiger partial charge >= 0.3 is 18.5 Å². The van der Waals surface area contributed by atoms with Crippen LogP contribution in [-0.4, -0.2) is 36.9 Å². The van der Waals surface area contributed by atoms with E-state index in [4.69, 9.17) is 34.8 Å². The summed E-state index contributed by atoms with van der Waals surface area (Å²) < 4.78 is 134. The summed E-state index contributed by atoms with van der Waals surface area (Å²) in [4.78, 5) is 12.4. The standard InChI is InChI=1S/C23H17Cl3F10N2O/c1-38(6-2-5-21(28,29)30)37-20(39)13-4-3-11(7-15(13)23(34,35)36)18(27)10-14(22(31,32)33)12-8-16(24)19(26)17(25)9-12/h3-4,7-10,14H,2,5-6H2,1H3,(H,37,39). The molecule has 16 heteroatoms. The highest BCUT2D eigenvalue weighted by Gasteiger charge is 2.41. The van der Waals surface area contributed by atoms with E-state index in [0.29, 0.717) is 12.1 Å². The molecule has 1 unspecified atom stereocenters. The van der Waals surface area contributed by atoms with Crippen LogP contribution in [0.3, 0.4) is 0 Å². The number of hydrogen-bond donors (Lipinski definition) is 1. The molecular weight excluding hydrogens is 617 g/mol. The summed E-state index contributed by atoms with van der Waals surface area (Å²) in [6.45, 7) is -0.361. The number of hydrogen-bond acceptors (Lipinski definition) is 2. The number of hydrazine groups is 1. The van der Waals surface area contributed by atoms with E-state index in [-0.39, 0.29) is 33.8 Å². The van der Waals surface area contributed by atoms with Crippen LogP contribution >= 0.6 is 34.8 Å². The normalized spacial score (nSPS) is 14.1. The summed E-state index contributed by atoms with van der Waals surface area (Å²) in [7, 11) is 1.12. The van der Waals surface area contributed by atoms with Crippen LogP contribution in [0.5, 0.6) is 0 Å². The average Bonchev–Trinajstić information content (AvgIpc) is 2.77. The van der Waals surface area contributed by atoms with Crippen LogP contribution in [0.2, 0.25) is 15.1 Å². The summed E-state index contributed by atoms with van der Waals surface area (Å²) in [6, 6.07) is 2.87. The van der Waals surface area contributed by atoms with Crippen molar-refractivity contribution in [2.24, 2.45) is 0 Å². The van der Waals surface area contributed by atoms with E-state index in [0.717, 1.165) is 24.2 Å². The maximum atomic E-state index is 14.9. The lowest BCUT2D eigenvalue weighted by Gasteiger charge is -2.21. The first-order valence-corrected chi connectivity index (χ1v) is 11.7. The molecule has 3 nitrogen and oxygen atoms in total. The zero-order chi connectivity index (χ0) is 29.9. The second-order valence-electron chi connectivity index (χ2n) is 8.17. The second-order valence-corrected chi connectivity index (χ2v) is 9.36. The third-order valence-corrected chi connectivity index (χ3v) is 6.32. The number of carbonyl (C=O) groups excluding carboxylic acids is 1. The summed E-state index contributed by atoms with van der Waals surface area (Å²) in [5, 5.41) is -0.179. The number of rotatable bonds is 8. The van der Waals surface area contributed by atoms with Crippen molar-refractivity contribution in [2.45, 2.75) is 37.3 Å². The van der Waals surface area contributed by atoms with Crippen molar-refractivity contribution in [3.8, 4) is 0 Å². The molecule has 0 bridgehead atoms. The Morgan fingerprint density at radius 3 is 2.03 bits per heavy atom. The molecule has 1 N–H and O–H groups in total. The molecule has 0 spiro atoms. The Bertz CT molecular complexity index is 1200. The first-order chi connectivity index (χ1) is 17.7. The van der Waals surface area contributed by atoms with Crippen LogP contribution in [-0.2, 0) is 6.18 Å². The molecule has 39 heavy (non-hydrogen) atoms. The van der Waals surface area contributed by atoms with Crippen molar-refractivity contribution in [1.82, 2.24) is 10.4 Å². The number of alkyl halides is 9. The highest BCUT2D eigenvalue weighted by atomic mass is 35.5. The first-order valence-electron chi connectivity index (χ1n) is 10.6. The number of halogens is 13. The molecule has 0 saturated carbocycles. The first kappa shape index (κ1) is 33.0. The fourth-order valence-electron chi connectivity index (χ4n) is 3.31. The van der Waals surface area contributed by atoms with E-state index in [1.165, 1.54) is 0 Å². The summed E-state index contributed by atoms with van der Waals surface area (Å²) >= 11 is 17.2. The average molecular weight is 634 g/mol. The predicted octanol–water partition coefficient (Wildman–Crippen LogP) is 9.24. The zero-order valence-corrected chi connectivity index (χ0v) is 21.7. The minimum atomic E-state index is -5.25. The van der Waals surface area contributed by atoms with Crippen LogP contribution in [0.4, 0.5) is 43.9 Å². The van der Waals surface area contributed by atoms with E-state index in [9.17, 15) is 48.7 Å². The molecule has 0 heterocycles. The van der Waals surface area contributed by atoms with Gasteiger partial charge in [-0.25, -0.2) is 9.40 Å². The Morgan fingerprint density at radius 2 is 1.54 bits per heavy atom. The Morgan fingerprint density at radius 1 is 0.974 bits per heavy atom. The Hall–Kier alpha value is -2.22. The van der Waals surface area contributed by atoms with Crippen LogP contribution < -0.4 is 5.43 Å². The fraction of sp³-hybridized carbons (Fsp3) is 0.348. The minimum Gasteiger partial charge on any atom is -0.285 e. The molecule has 0 radical (unpaired) electrons. The summed E-state index contributed by atoms with van der Waals surface area (Å²) in [5.74, 6) is -5.78. The zero-order valence-electron chi connectivity index (χ0n) is 19.4. The van der Waals surface area contributed by atoms with E-state index in [1.54, 1.807) is 0 Å². The SMILES string of the molecule is CN(CCCC(F)(F)F)NC(=O)c1ccc(C(F)=CC(c2cc(Cl)c(Cl)c(Cl)c2)C(F)(F)F)cc1C(F)(F)F. The van der Waals surface area contributed by atoms with Crippen molar-refractivity contribution in [1.29, 1.82) is 0 Å². The van der Waals surface area contributed by atoms with Gasteiger partial charge < -0.3 is 0 Å². The molecule has 1 amide bonds. The third-order valence-electron chi connectivity index (χ3n) is 5.12. The van der Waals surface area contributed by atoms with Crippen molar-refractivity contribution < 1.29 is 48.7 Å². The van der Waals surface area contributed by atoms with Crippen molar-refractivity contribution in [2.75, 3.05) is 13.6 Å². The lowest BCUT2D eigenvalue weighted by atomic mass is 9.95. The van der Waals surface area contributed by atoms with Gasteiger partial charge in [0.25, 0.3) is 5.91 Å². The molecule has 2 aromatic carbocycles. The van der Waals surface area contributed by atoms with Gasteiger partial charge in [0, 0.05) is 25.6 Å². The summed E-state index contributed by atoms with van der Waals surface area (Å²) in [5.41, 5.74) is -2.33. The van der Waals surface area contributed by atoms with Gasteiger partial charge in [-0.05, 0) is 42.3 Å². The predicted molar refractivity (Wildman–Crippen MR) is 126 cm³/mol. The Labute approximate surface area is 230 Å². The van der Waals surface area contributed by atoms with Crippen molar-refractivity contribution in [3.05, 3.63) is 73.7 Å². The molecule has 0 aromatic heterocycles. The smallest absolute Gasteiger partial charge is 0.285 e. The molecule has 1 atom stereocenters. The Kier molecular flexibility index (Phi) is 10.6. The molecule has 0 aliphatic heterocycles. The number of amides is 1. The number of nitrogens with one attached hydrogen (secondary N) is 1. The number of carbonyl (C=O) groups is 1. The fourth-order valence-corrected chi connectivity index (χ4v) is 3.92. The molecule has 0 fully saturated rings. The highest BCUT2D eigenvalue weighted by Crippen LogP contribution is 2.42. The van der Waals surface area contributed by atoms with Gasteiger partial charge in [0.2, 0.25) is 0 Å². The number of nitrogens with zero attached hydrogens (tertiary/aromatic N) is 1. The van der Waals surface area contributed by atoms with Crippen LogP contribution in [0.1, 0.15) is 45.8 Å². The third kappa shape index (κ3) is 9.44. The second kappa shape index (κ2) is 12.5. The maximum Gasteiger partial charge on any atom is 0.417 e. The van der Waals surface area contributed by atoms with Crippen LogP contribution in [0.25, 0.3) is 5.83 Å². The minimum absolute atomic E-state index is 0.0134. The van der Waals surface area contributed by atoms with Gasteiger partial charge in [0.1, 0.15) is 11.7 Å². The van der Waals surface area contributed by atoms with Crippen LogP contribution in [0, 0.1) is 0 Å². The van der Waals surface area contributed by atoms with Crippen LogP contribution in [0.15, 0.2) is 36.4 Å². The lowest BCUT2D eigenvalue weighted by molar-refractivity contribution is -0.140. The molecular formula is C23H17Cl3F10N2O. The monoisotopic (exact) mass is 632 g/mol. The molecule has 2 aromatic rings. The number of benzene rings is 2. The van der Waals surface area contributed by atoms with Gasteiger partial charge in [0.15, 0.2) is 0 Å². The van der Waals surface area contributed by atoms with Crippen molar-refractivity contribution >= 4 is 46.5 Å². The van der Waals surface area contributed by atoms with E-state index in [1.807, 2.05) is 5.43 Å². The van der Waals surface area contributed by atoms with E-state index >= 15 is 0 Å². The molecule has 0 aliphatic carbocycles. The van der Waals surface area contributed by atoms with Gasteiger partial charge in [0.05, 0.1) is 26.2 Å². The van der Waals surface area contributed by atoms with Crippen molar-refractivity contribution in [3.63, 3.8) is 0 Å². The molecule has 2 rings (SSSR count). The largest absolute Gasteiger partial charge is 0.417 e. The van der Waals surface area contributed by atoms with Gasteiger partial charge in [-0.2, -0.15) is 39.5 Å². The Balaban J connectivity index is 2.42. The molecule has 216 valence electrons. The highest BCUT2D eigenvalue weighted by molar-refractivity contribution is 6.48. The van der Waals surface area contributed by atoms with Gasteiger partial charge in [-0.15, -0.1) is 0 Å². The maximum absolute atomic E-state index is 14.9. The van der Waals surface area contributed by atoms with Gasteiger partial charge in [-0.1, -0.05) is 40.9 Å². The molecule has 0 aliphatic rings. The number of allylic oxidation sites excluding steroid dienone is 1. The van der Waals surface area contributed by atoms with E-state index in [2.05, 4.69) is 0 Å². The topological polar surface area (TPSA) is 32.3 Å². The lowest BCUT2D eigenvalue weighted by Crippen LogP contribution is -2.40. The van der Waals surface area contributed by atoms with E-state index < -0.39 is 71.3 Å².